The summed E-state index contributed by atoms with van der Waals surface area (Å²) in [5.41, 5.74) is 14.8. The molecule has 0 aliphatic carbocycles. The Morgan fingerprint density at radius 1 is 0.361 bits per heavy atom. The van der Waals surface area contributed by atoms with Crippen LogP contribution in [0.25, 0.3) is 74.8 Å². The highest BCUT2D eigenvalue weighted by atomic mass is 32.1. The number of hydrogen-bond acceptors (Lipinski definition) is 5. The van der Waals surface area contributed by atoms with Gasteiger partial charge < -0.3 is 18.6 Å². The van der Waals surface area contributed by atoms with E-state index in [1.807, 2.05) is 23.5 Å². The summed E-state index contributed by atoms with van der Waals surface area (Å²) in [6, 6.07) is 61.4. The van der Waals surface area contributed by atoms with Crippen molar-refractivity contribution in [2.45, 2.75) is 27.7 Å². The molecule has 61 heavy (non-hydrogen) atoms. The molecule has 0 unspecified atom stereocenters. The lowest BCUT2D eigenvalue weighted by molar-refractivity contribution is 0.668. The van der Waals surface area contributed by atoms with Gasteiger partial charge in [-0.25, -0.2) is 0 Å². The van der Waals surface area contributed by atoms with E-state index >= 15 is 0 Å². The molecule has 12 rings (SSSR count). The highest BCUT2D eigenvalue weighted by Crippen LogP contribution is 2.51. The molecule has 0 aliphatic rings. The molecule has 0 amide bonds. The van der Waals surface area contributed by atoms with E-state index in [2.05, 4.69) is 195 Å². The second-order valence-electron chi connectivity index (χ2n) is 16.4. The highest BCUT2D eigenvalue weighted by Gasteiger charge is 2.26. The molecule has 3 aromatic heterocycles. The Hall–Kier alpha value is -7.34. The topological polar surface area (TPSA) is 32.8 Å². The molecule has 0 bridgehead atoms. The molecule has 0 N–H and O–H groups in total. The highest BCUT2D eigenvalue weighted by molar-refractivity contribution is 7.26. The van der Waals surface area contributed by atoms with Gasteiger partial charge in [0, 0.05) is 64.2 Å². The van der Waals surface area contributed by atoms with Gasteiger partial charge in [-0.2, -0.15) is 0 Å². The predicted molar refractivity (Wildman–Crippen MR) is 260 cm³/mol. The number of nitrogens with zero attached hydrogens (tertiary/aromatic N) is 2. The van der Waals surface area contributed by atoms with Crippen LogP contribution in [0, 0.1) is 27.7 Å². The van der Waals surface area contributed by atoms with Crippen molar-refractivity contribution in [2.75, 3.05) is 9.80 Å². The molecule has 12 aromatic rings. The molecule has 5 heteroatoms. The molecule has 0 atom stereocenters. The zero-order valence-electron chi connectivity index (χ0n) is 34.3. The van der Waals surface area contributed by atoms with Gasteiger partial charge >= 0.3 is 0 Å². The first-order valence-corrected chi connectivity index (χ1v) is 21.6. The molecule has 0 aliphatic heterocycles. The number of rotatable bonds is 6. The summed E-state index contributed by atoms with van der Waals surface area (Å²) in [7, 11) is 0. The third kappa shape index (κ3) is 5.51. The van der Waals surface area contributed by atoms with Gasteiger partial charge in [-0.1, -0.05) is 115 Å². The number of aryl methyl sites for hydroxylation is 4. The van der Waals surface area contributed by atoms with Crippen LogP contribution in [0.5, 0.6) is 0 Å². The van der Waals surface area contributed by atoms with Gasteiger partial charge in [-0.3, -0.25) is 0 Å². The Kier molecular flexibility index (Phi) is 7.93. The average Bonchev–Trinajstić information content (AvgIpc) is 3.98. The number of para-hydroxylation sites is 4. The fourth-order valence-electron chi connectivity index (χ4n) is 9.47. The largest absolute Gasteiger partial charge is 0.454 e. The summed E-state index contributed by atoms with van der Waals surface area (Å²) >= 11 is 1.85. The van der Waals surface area contributed by atoms with Gasteiger partial charge in [0.05, 0.1) is 17.1 Å². The van der Waals surface area contributed by atoms with Gasteiger partial charge in [0.2, 0.25) is 0 Å². The van der Waals surface area contributed by atoms with Crippen LogP contribution in [-0.2, 0) is 0 Å². The van der Waals surface area contributed by atoms with Crippen molar-refractivity contribution in [1.82, 2.24) is 0 Å². The van der Waals surface area contributed by atoms with E-state index in [1.54, 1.807) is 0 Å². The molecule has 4 nitrogen and oxygen atoms in total. The molecule has 0 radical (unpaired) electrons. The number of thiophene rings is 1. The average molecular weight is 805 g/mol. The molecule has 0 fully saturated rings. The molecule has 292 valence electrons. The van der Waals surface area contributed by atoms with Crippen LogP contribution in [0.4, 0.5) is 34.1 Å². The van der Waals surface area contributed by atoms with Crippen LogP contribution >= 0.6 is 11.3 Å². The lowest BCUT2D eigenvalue weighted by Crippen LogP contribution is -2.12. The molecule has 3 heterocycles. The molecule has 0 saturated carbocycles. The maximum absolute atomic E-state index is 6.74. The molecular weight excluding hydrogens is 765 g/mol. The van der Waals surface area contributed by atoms with Gasteiger partial charge in [0.15, 0.2) is 11.2 Å². The van der Waals surface area contributed by atoms with Gasteiger partial charge in [-0.15, -0.1) is 11.3 Å². The zero-order valence-corrected chi connectivity index (χ0v) is 35.1. The first-order chi connectivity index (χ1) is 29.9. The van der Waals surface area contributed by atoms with Gasteiger partial charge in [0.1, 0.15) is 11.2 Å². The third-order valence-corrected chi connectivity index (χ3v) is 13.5. The van der Waals surface area contributed by atoms with E-state index in [1.165, 1.54) is 53.2 Å². The number of hydrogen-bond donors (Lipinski definition) is 0. The fourth-order valence-corrected chi connectivity index (χ4v) is 10.7. The summed E-state index contributed by atoms with van der Waals surface area (Å²) in [5.74, 6) is 0. The number of furan rings is 2. The SMILES string of the molecule is Cc1ccc(C)c(N(c2ccc3c(c2)sc2cc(N(c4cc(C)ccc4C)c4cccc5c4oc4ccccc45)c4ccccc4c23)c2cccc3c2oc2ccccc23)c1. The van der Waals surface area contributed by atoms with Crippen molar-refractivity contribution < 1.29 is 8.83 Å². The Morgan fingerprint density at radius 2 is 0.885 bits per heavy atom. The number of benzene rings is 9. The summed E-state index contributed by atoms with van der Waals surface area (Å²) in [6.45, 7) is 8.73. The van der Waals surface area contributed by atoms with Crippen molar-refractivity contribution >= 4 is 120 Å². The third-order valence-electron chi connectivity index (χ3n) is 12.4. The minimum atomic E-state index is 0.876. The molecule has 0 spiro atoms. The minimum Gasteiger partial charge on any atom is -0.454 e. The van der Waals surface area contributed by atoms with E-state index in [-0.39, 0.29) is 0 Å². The Morgan fingerprint density at radius 3 is 1.51 bits per heavy atom. The second kappa shape index (κ2) is 13.6. The Bertz CT molecular complexity index is 3740. The number of fused-ring (bicyclic) bond motifs is 11. The Balaban J connectivity index is 1.11. The van der Waals surface area contributed by atoms with E-state index < -0.39 is 0 Å². The van der Waals surface area contributed by atoms with Gasteiger partial charge in [0.25, 0.3) is 0 Å². The van der Waals surface area contributed by atoms with Crippen molar-refractivity contribution in [2.24, 2.45) is 0 Å². The van der Waals surface area contributed by atoms with Crippen LogP contribution in [0.2, 0.25) is 0 Å². The van der Waals surface area contributed by atoms with Crippen LogP contribution in [-0.4, -0.2) is 0 Å². The maximum atomic E-state index is 6.74. The molecule has 0 saturated heterocycles. The second-order valence-corrected chi connectivity index (χ2v) is 17.4. The monoisotopic (exact) mass is 804 g/mol. The summed E-state index contributed by atoms with van der Waals surface area (Å²) in [4.78, 5) is 4.82. The van der Waals surface area contributed by atoms with Crippen molar-refractivity contribution in [3.63, 3.8) is 0 Å². The Labute approximate surface area is 357 Å². The van der Waals surface area contributed by atoms with Crippen molar-refractivity contribution in [1.29, 1.82) is 0 Å². The first kappa shape index (κ1) is 35.6. The summed E-state index contributed by atoms with van der Waals surface area (Å²) in [5, 5.41) is 9.37. The smallest absolute Gasteiger partial charge is 0.159 e. The summed E-state index contributed by atoms with van der Waals surface area (Å²) in [6.07, 6.45) is 0. The van der Waals surface area contributed by atoms with Crippen LogP contribution in [0.15, 0.2) is 179 Å². The van der Waals surface area contributed by atoms with Gasteiger partial charge in [-0.05, 0) is 110 Å². The van der Waals surface area contributed by atoms with Crippen LogP contribution < -0.4 is 9.80 Å². The lowest BCUT2D eigenvalue weighted by atomic mass is 9.99. The van der Waals surface area contributed by atoms with Crippen molar-refractivity contribution in [3.8, 4) is 0 Å². The minimum absolute atomic E-state index is 0.876. The van der Waals surface area contributed by atoms with E-state index in [0.29, 0.717) is 0 Å². The standard InChI is InChI=1S/C56H40N2O2S/c1-33-23-25-35(3)47(29-33)57(45-19-11-17-42-39-14-7-9-21-50(39)59-55(42)45)37-27-28-44-52(31-37)61-53-32-49(38-13-5-6-16-41(38)54(44)53)58(48-30-34(2)24-26-36(48)4)46-20-12-18-43-40-15-8-10-22-51(40)60-56(43)46/h5-32H,1-4H3. The molecule has 9 aromatic carbocycles. The van der Waals surface area contributed by atoms with E-state index in [0.717, 1.165) is 78.0 Å². The summed E-state index contributed by atoms with van der Waals surface area (Å²) < 4.78 is 15.9. The lowest BCUT2D eigenvalue weighted by Gasteiger charge is -2.29. The first-order valence-electron chi connectivity index (χ1n) is 20.8. The van der Waals surface area contributed by atoms with Crippen LogP contribution in [0.3, 0.4) is 0 Å². The maximum Gasteiger partial charge on any atom is 0.159 e. The van der Waals surface area contributed by atoms with E-state index in [9.17, 15) is 0 Å². The zero-order chi connectivity index (χ0) is 40.9. The quantitative estimate of drug-likeness (QED) is 0.168. The predicted octanol–water partition coefficient (Wildman–Crippen LogP) is 17.2. The van der Waals surface area contributed by atoms with E-state index in [4.69, 9.17) is 8.83 Å². The fraction of sp³-hybridized carbons (Fsp3) is 0.0714. The van der Waals surface area contributed by atoms with Crippen LogP contribution in [0.1, 0.15) is 22.3 Å². The van der Waals surface area contributed by atoms with Crippen molar-refractivity contribution in [3.05, 3.63) is 192 Å². The normalized spacial score (nSPS) is 11.9. The molecular formula is C56H40N2O2S. The number of anilines is 6.